The summed E-state index contributed by atoms with van der Waals surface area (Å²) < 4.78 is 0. The molecular weight excluding hydrogens is 405 g/mol. The molecular formula is C22H29Cl2N5. The van der Waals surface area contributed by atoms with Crippen LogP contribution in [0.1, 0.15) is 32.1 Å². The summed E-state index contributed by atoms with van der Waals surface area (Å²) in [4.78, 5) is 13.5. The molecule has 29 heavy (non-hydrogen) atoms. The van der Waals surface area contributed by atoms with E-state index in [0.717, 1.165) is 43.7 Å². The first-order valence-electron chi connectivity index (χ1n) is 10.6. The van der Waals surface area contributed by atoms with Crippen molar-refractivity contribution in [2.75, 3.05) is 42.9 Å². The van der Waals surface area contributed by atoms with Crippen LogP contribution in [-0.2, 0) is 0 Å². The minimum absolute atomic E-state index is 0.514. The third-order valence-electron chi connectivity index (χ3n) is 6.24. The number of aromatic nitrogens is 2. The van der Waals surface area contributed by atoms with E-state index in [2.05, 4.69) is 31.2 Å². The number of rotatable bonds is 6. The minimum Gasteiger partial charge on any atom is -0.368 e. The molecule has 2 aromatic rings. The van der Waals surface area contributed by atoms with Gasteiger partial charge in [0.05, 0.1) is 15.7 Å². The molecule has 2 aliphatic rings. The predicted octanol–water partition coefficient (Wildman–Crippen LogP) is 4.97. The topological polar surface area (TPSA) is 44.3 Å². The Morgan fingerprint density at radius 2 is 1.66 bits per heavy atom. The summed E-state index contributed by atoms with van der Waals surface area (Å²) in [7, 11) is 0. The standard InChI is InChI=1S/C22H29Cl2N5/c23-19-3-1-4-20(21(19)24)29-15-13-28(14-16-29)12-9-17-5-7-18(8-6-17)27-22-25-10-2-11-26-22/h1-4,10-11,17-18H,5-9,12-16H2,(H,25,26,27). The lowest BCUT2D eigenvalue weighted by Crippen LogP contribution is -2.47. The fraction of sp³-hybridized carbons (Fsp3) is 0.545. The Morgan fingerprint density at radius 3 is 2.38 bits per heavy atom. The third kappa shape index (κ3) is 5.53. The zero-order chi connectivity index (χ0) is 20.1. The van der Waals surface area contributed by atoms with E-state index in [-0.39, 0.29) is 0 Å². The molecule has 1 aromatic carbocycles. The number of hydrogen-bond acceptors (Lipinski definition) is 5. The Morgan fingerprint density at radius 1 is 0.931 bits per heavy atom. The van der Waals surface area contributed by atoms with E-state index < -0.39 is 0 Å². The average molecular weight is 434 g/mol. The van der Waals surface area contributed by atoms with Crippen LogP contribution >= 0.6 is 23.2 Å². The van der Waals surface area contributed by atoms with Gasteiger partial charge in [-0.05, 0) is 62.8 Å². The van der Waals surface area contributed by atoms with E-state index in [4.69, 9.17) is 23.2 Å². The Balaban J connectivity index is 1.16. The molecule has 1 saturated heterocycles. The summed E-state index contributed by atoms with van der Waals surface area (Å²) in [5, 5.41) is 4.79. The zero-order valence-corrected chi connectivity index (χ0v) is 18.2. The van der Waals surface area contributed by atoms with Crippen molar-refractivity contribution in [2.45, 2.75) is 38.1 Å². The maximum atomic E-state index is 6.39. The normalized spacial score (nSPS) is 23.2. The summed E-state index contributed by atoms with van der Waals surface area (Å²) in [6.45, 7) is 5.39. The Labute approximate surface area is 183 Å². The molecule has 4 rings (SSSR count). The van der Waals surface area contributed by atoms with Crippen molar-refractivity contribution in [1.29, 1.82) is 0 Å². The van der Waals surface area contributed by atoms with Gasteiger partial charge in [0.2, 0.25) is 5.95 Å². The van der Waals surface area contributed by atoms with E-state index in [1.54, 1.807) is 12.4 Å². The highest BCUT2D eigenvalue weighted by molar-refractivity contribution is 6.43. The Kier molecular flexibility index (Phi) is 7.11. The van der Waals surface area contributed by atoms with Crippen molar-refractivity contribution in [1.82, 2.24) is 14.9 Å². The molecule has 0 atom stereocenters. The van der Waals surface area contributed by atoms with Crippen molar-refractivity contribution < 1.29 is 0 Å². The van der Waals surface area contributed by atoms with Crippen LogP contribution in [0.2, 0.25) is 10.0 Å². The smallest absolute Gasteiger partial charge is 0.222 e. The molecule has 1 saturated carbocycles. The number of nitrogens with zero attached hydrogens (tertiary/aromatic N) is 4. The van der Waals surface area contributed by atoms with Crippen molar-refractivity contribution in [3.8, 4) is 0 Å². The first-order valence-corrected chi connectivity index (χ1v) is 11.4. The molecule has 0 spiro atoms. The number of hydrogen-bond donors (Lipinski definition) is 1. The number of nitrogens with one attached hydrogen (secondary N) is 1. The van der Waals surface area contributed by atoms with Gasteiger partial charge in [-0.3, -0.25) is 4.90 Å². The van der Waals surface area contributed by atoms with Gasteiger partial charge >= 0.3 is 0 Å². The van der Waals surface area contributed by atoms with Crippen molar-refractivity contribution >= 4 is 34.8 Å². The lowest BCUT2D eigenvalue weighted by atomic mass is 9.84. The highest BCUT2D eigenvalue weighted by Gasteiger charge is 2.24. The molecule has 156 valence electrons. The van der Waals surface area contributed by atoms with Crippen LogP contribution in [0.5, 0.6) is 0 Å². The molecule has 0 unspecified atom stereocenters. The highest BCUT2D eigenvalue weighted by Crippen LogP contribution is 2.33. The first-order chi connectivity index (χ1) is 14.2. The average Bonchev–Trinajstić information content (AvgIpc) is 2.76. The van der Waals surface area contributed by atoms with Crippen LogP contribution in [0.3, 0.4) is 0 Å². The van der Waals surface area contributed by atoms with Gasteiger partial charge < -0.3 is 10.2 Å². The van der Waals surface area contributed by atoms with Crippen molar-refractivity contribution in [3.63, 3.8) is 0 Å². The second kappa shape index (κ2) is 9.96. The van der Waals surface area contributed by atoms with Gasteiger partial charge in [-0.2, -0.15) is 0 Å². The second-order valence-electron chi connectivity index (χ2n) is 8.12. The number of piperazine rings is 1. The van der Waals surface area contributed by atoms with E-state index in [1.807, 2.05) is 18.2 Å². The molecule has 1 N–H and O–H groups in total. The summed E-state index contributed by atoms with van der Waals surface area (Å²) in [6, 6.07) is 8.26. The number of anilines is 2. The largest absolute Gasteiger partial charge is 0.368 e. The van der Waals surface area contributed by atoms with Crippen molar-refractivity contribution in [3.05, 3.63) is 46.7 Å². The first kappa shape index (κ1) is 20.7. The van der Waals surface area contributed by atoms with E-state index in [1.165, 1.54) is 38.6 Å². The van der Waals surface area contributed by atoms with Crippen LogP contribution in [0, 0.1) is 5.92 Å². The summed E-state index contributed by atoms with van der Waals surface area (Å²) in [6.07, 6.45) is 9.90. The molecule has 0 amide bonds. The van der Waals surface area contributed by atoms with Gasteiger partial charge in [0, 0.05) is 44.6 Å². The monoisotopic (exact) mass is 433 g/mol. The van der Waals surface area contributed by atoms with Gasteiger partial charge in [0.25, 0.3) is 0 Å². The molecule has 2 fully saturated rings. The second-order valence-corrected chi connectivity index (χ2v) is 8.91. The lowest BCUT2D eigenvalue weighted by Gasteiger charge is -2.37. The fourth-order valence-electron chi connectivity index (χ4n) is 4.47. The maximum absolute atomic E-state index is 6.39. The summed E-state index contributed by atoms with van der Waals surface area (Å²) in [5.74, 6) is 1.60. The fourth-order valence-corrected chi connectivity index (χ4v) is 4.88. The molecule has 2 heterocycles. The van der Waals surface area contributed by atoms with Crippen LogP contribution in [0.4, 0.5) is 11.6 Å². The summed E-state index contributed by atoms with van der Waals surface area (Å²) >= 11 is 12.6. The van der Waals surface area contributed by atoms with Crippen LogP contribution < -0.4 is 10.2 Å². The molecule has 1 aromatic heterocycles. The summed E-state index contributed by atoms with van der Waals surface area (Å²) in [5.41, 5.74) is 1.06. The Bertz CT molecular complexity index is 772. The van der Waals surface area contributed by atoms with E-state index >= 15 is 0 Å². The number of benzene rings is 1. The van der Waals surface area contributed by atoms with Gasteiger partial charge in [-0.25, -0.2) is 9.97 Å². The number of halogens is 2. The SMILES string of the molecule is Clc1cccc(N2CCN(CCC3CCC(Nc4ncccn4)CC3)CC2)c1Cl. The van der Waals surface area contributed by atoms with E-state index in [9.17, 15) is 0 Å². The van der Waals surface area contributed by atoms with Crippen LogP contribution in [0.15, 0.2) is 36.7 Å². The van der Waals surface area contributed by atoms with Crippen molar-refractivity contribution in [2.24, 2.45) is 5.92 Å². The molecule has 5 nitrogen and oxygen atoms in total. The van der Waals surface area contributed by atoms with Gasteiger partial charge in [0.15, 0.2) is 0 Å². The predicted molar refractivity (Wildman–Crippen MR) is 121 cm³/mol. The van der Waals surface area contributed by atoms with Gasteiger partial charge in [-0.1, -0.05) is 29.3 Å². The van der Waals surface area contributed by atoms with Crippen LogP contribution in [-0.4, -0.2) is 53.6 Å². The minimum atomic E-state index is 0.514. The molecule has 7 heteroatoms. The maximum Gasteiger partial charge on any atom is 0.222 e. The Hall–Kier alpha value is -1.56. The molecule has 0 radical (unpaired) electrons. The molecule has 1 aliphatic carbocycles. The quantitative estimate of drug-likeness (QED) is 0.696. The van der Waals surface area contributed by atoms with Gasteiger partial charge in [0.1, 0.15) is 0 Å². The molecule has 0 bridgehead atoms. The third-order valence-corrected chi connectivity index (χ3v) is 7.05. The zero-order valence-electron chi connectivity index (χ0n) is 16.7. The van der Waals surface area contributed by atoms with Crippen LogP contribution in [0.25, 0.3) is 0 Å². The lowest BCUT2D eigenvalue weighted by molar-refractivity contribution is 0.218. The van der Waals surface area contributed by atoms with E-state index in [0.29, 0.717) is 16.1 Å². The van der Waals surface area contributed by atoms with Gasteiger partial charge in [-0.15, -0.1) is 0 Å². The highest BCUT2D eigenvalue weighted by atomic mass is 35.5. The molecule has 1 aliphatic heterocycles.